The molecule has 8 nitrogen and oxygen atoms in total. The third-order valence-corrected chi connectivity index (χ3v) is 5.17. The third kappa shape index (κ3) is 7.29. The van der Waals surface area contributed by atoms with Gasteiger partial charge in [0.15, 0.2) is 0 Å². The molecule has 0 unspecified atom stereocenters. The van der Waals surface area contributed by atoms with Crippen molar-refractivity contribution >= 4 is 23.5 Å². The van der Waals surface area contributed by atoms with E-state index in [1.165, 1.54) is 12.8 Å². The van der Waals surface area contributed by atoms with Crippen LogP contribution in [0.1, 0.15) is 28.9 Å². The van der Waals surface area contributed by atoms with Crippen molar-refractivity contribution in [3.05, 3.63) is 60.2 Å². The molecule has 2 N–H and O–H groups in total. The lowest BCUT2D eigenvalue weighted by Crippen LogP contribution is -2.21. The van der Waals surface area contributed by atoms with Crippen molar-refractivity contribution in [2.45, 2.75) is 32.5 Å². The minimum Gasteiger partial charge on any atom is -0.475 e. The van der Waals surface area contributed by atoms with Crippen LogP contribution in [-0.4, -0.2) is 51.8 Å². The highest BCUT2D eigenvalue weighted by atomic mass is 19.4. The molecular formula is C24H26F3N5O3. The van der Waals surface area contributed by atoms with Crippen molar-refractivity contribution < 1.29 is 27.9 Å². The molecule has 1 aromatic carbocycles. The van der Waals surface area contributed by atoms with Gasteiger partial charge in [0.1, 0.15) is 5.69 Å². The Morgan fingerprint density at radius 1 is 1.14 bits per heavy atom. The van der Waals surface area contributed by atoms with E-state index in [9.17, 15) is 18.0 Å². The van der Waals surface area contributed by atoms with E-state index in [1.54, 1.807) is 12.4 Å². The first-order chi connectivity index (χ1) is 16.4. The van der Waals surface area contributed by atoms with Gasteiger partial charge in [-0.05, 0) is 49.4 Å². The lowest BCUT2D eigenvalue weighted by atomic mass is 10.2. The molecule has 11 heteroatoms. The number of hydrogen-bond donors (Lipinski definition) is 2. The van der Waals surface area contributed by atoms with Gasteiger partial charge in [0, 0.05) is 56.0 Å². The van der Waals surface area contributed by atoms with Gasteiger partial charge in [-0.25, -0.2) is 14.8 Å². The van der Waals surface area contributed by atoms with Gasteiger partial charge < -0.3 is 19.9 Å². The summed E-state index contributed by atoms with van der Waals surface area (Å²) in [5.74, 6) is -1.52. The Balaban J connectivity index is 0.000000429. The van der Waals surface area contributed by atoms with Gasteiger partial charge in [0.2, 0.25) is 5.95 Å². The Bertz CT molecular complexity index is 1190. The van der Waals surface area contributed by atoms with Gasteiger partial charge in [-0.2, -0.15) is 13.2 Å². The number of nitrogens with one attached hydrogen (secondary N) is 1. The number of aliphatic carboxylic acids is 1. The van der Waals surface area contributed by atoms with Crippen LogP contribution in [0, 0.1) is 12.8 Å². The molecule has 4 rings (SSSR count). The molecule has 0 bridgehead atoms. The van der Waals surface area contributed by atoms with E-state index in [1.807, 2.05) is 62.4 Å². The second-order valence-corrected chi connectivity index (χ2v) is 8.50. The Kier molecular flexibility index (Phi) is 7.78. The van der Waals surface area contributed by atoms with Crippen LogP contribution in [0.5, 0.6) is 0 Å². The van der Waals surface area contributed by atoms with E-state index in [0.717, 1.165) is 28.9 Å². The van der Waals surface area contributed by atoms with E-state index in [2.05, 4.69) is 19.9 Å². The van der Waals surface area contributed by atoms with Crippen molar-refractivity contribution in [2.24, 2.45) is 5.92 Å². The molecule has 0 spiro atoms. The molecule has 186 valence electrons. The second kappa shape index (κ2) is 10.6. The molecule has 35 heavy (non-hydrogen) atoms. The number of amides is 1. The number of carboxylic acids is 1. The van der Waals surface area contributed by atoms with Crippen LogP contribution in [0.3, 0.4) is 0 Å². The Labute approximate surface area is 200 Å². The number of carbonyl (C=O) groups excluding carboxylic acids is 1. The van der Waals surface area contributed by atoms with Crippen LogP contribution in [0.15, 0.2) is 48.9 Å². The van der Waals surface area contributed by atoms with E-state index in [0.29, 0.717) is 17.6 Å². The van der Waals surface area contributed by atoms with Crippen LogP contribution < -0.4 is 10.2 Å². The van der Waals surface area contributed by atoms with Gasteiger partial charge in [-0.3, -0.25) is 4.79 Å². The predicted molar refractivity (Wildman–Crippen MR) is 125 cm³/mol. The predicted octanol–water partition coefficient (Wildman–Crippen LogP) is 4.62. The number of carbonyl (C=O) groups is 2. The lowest BCUT2D eigenvalue weighted by Gasteiger charge is -2.09. The van der Waals surface area contributed by atoms with E-state index in [4.69, 9.17) is 9.90 Å². The van der Waals surface area contributed by atoms with Crippen molar-refractivity contribution in [3.8, 4) is 11.1 Å². The first-order valence-corrected chi connectivity index (χ1v) is 10.8. The highest BCUT2D eigenvalue weighted by Gasteiger charge is 2.38. The number of anilines is 2. The Morgan fingerprint density at radius 3 is 2.29 bits per heavy atom. The SMILES string of the molecule is Cc1cccc(NC(=O)c2cc(-c3cnc(N(C)C)nc3)cn2CC2CC2)c1.O=C(O)C(F)(F)F. The topological polar surface area (TPSA) is 100 Å². The van der Waals surface area contributed by atoms with Crippen LogP contribution in [0.2, 0.25) is 0 Å². The molecule has 1 amide bonds. The van der Waals surface area contributed by atoms with Crippen molar-refractivity contribution in [3.63, 3.8) is 0 Å². The largest absolute Gasteiger partial charge is 0.490 e. The monoisotopic (exact) mass is 489 g/mol. The third-order valence-electron chi connectivity index (χ3n) is 5.17. The van der Waals surface area contributed by atoms with E-state index >= 15 is 0 Å². The number of aromatic nitrogens is 3. The van der Waals surface area contributed by atoms with Gasteiger partial charge in [-0.15, -0.1) is 0 Å². The molecule has 1 aliphatic carbocycles. The second-order valence-electron chi connectivity index (χ2n) is 8.50. The first-order valence-electron chi connectivity index (χ1n) is 10.8. The first kappa shape index (κ1) is 25.7. The number of aryl methyl sites for hydroxylation is 1. The lowest BCUT2D eigenvalue weighted by molar-refractivity contribution is -0.192. The zero-order valence-electron chi connectivity index (χ0n) is 19.5. The van der Waals surface area contributed by atoms with E-state index in [-0.39, 0.29) is 5.91 Å². The van der Waals surface area contributed by atoms with Crippen molar-refractivity contribution in [2.75, 3.05) is 24.3 Å². The van der Waals surface area contributed by atoms with Gasteiger partial charge in [0.25, 0.3) is 5.91 Å². The van der Waals surface area contributed by atoms with Gasteiger partial charge in [0.05, 0.1) is 0 Å². The zero-order chi connectivity index (χ0) is 25.8. The fraction of sp³-hybridized carbons (Fsp3) is 0.333. The summed E-state index contributed by atoms with van der Waals surface area (Å²) in [4.78, 5) is 32.5. The number of alkyl halides is 3. The summed E-state index contributed by atoms with van der Waals surface area (Å²) >= 11 is 0. The number of rotatable bonds is 6. The molecule has 0 aliphatic heterocycles. The smallest absolute Gasteiger partial charge is 0.475 e. The molecule has 1 fully saturated rings. The normalized spacial score (nSPS) is 13.0. The van der Waals surface area contributed by atoms with Crippen molar-refractivity contribution in [1.82, 2.24) is 14.5 Å². The Hall–Kier alpha value is -3.89. The standard InChI is InChI=1S/C22H25N5O.C2HF3O2/c1-15-5-4-6-19(9-15)25-21(28)20-10-17(14-27(20)13-16-7-8-16)18-11-23-22(24-12-18)26(2)3;3-2(4,5)1(6)7/h4-6,9-12,14,16H,7-8,13H2,1-3H3,(H,25,28);(H,6,7). The van der Waals surface area contributed by atoms with Gasteiger partial charge in [-0.1, -0.05) is 12.1 Å². The highest BCUT2D eigenvalue weighted by Crippen LogP contribution is 2.32. The highest BCUT2D eigenvalue weighted by molar-refractivity contribution is 6.04. The molecule has 0 radical (unpaired) electrons. The molecule has 1 saturated carbocycles. The number of nitrogens with zero attached hydrogens (tertiary/aromatic N) is 4. The average molecular weight is 489 g/mol. The summed E-state index contributed by atoms with van der Waals surface area (Å²) in [7, 11) is 3.82. The summed E-state index contributed by atoms with van der Waals surface area (Å²) < 4.78 is 33.8. The summed E-state index contributed by atoms with van der Waals surface area (Å²) in [5, 5.41) is 10.1. The van der Waals surface area contributed by atoms with Crippen LogP contribution >= 0.6 is 0 Å². The number of benzene rings is 1. The fourth-order valence-corrected chi connectivity index (χ4v) is 3.21. The Morgan fingerprint density at radius 2 is 1.77 bits per heavy atom. The zero-order valence-corrected chi connectivity index (χ0v) is 19.5. The van der Waals surface area contributed by atoms with Crippen LogP contribution in [0.4, 0.5) is 24.8 Å². The summed E-state index contributed by atoms with van der Waals surface area (Å²) in [5.41, 5.74) is 4.46. The van der Waals surface area contributed by atoms with Crippen LogP contribution in [-0.2, 0) is 11.3 Å². The maximum Gasteiger partial charge on any atom is 0.490 e. The maximum atomic E-state index is 13.0. The molecule has 0 atom stereocenters. The number of carboxylic acid groups (broad SMARTS) is 1. The molecule has 0 saturated heterocycles. The van der Waals surface area contributed by atoms with Crippen LogP contribution in [0.25, 0.3) is 11.1 Å². The molecule has 2 aromatic heterocycles. The summed E-state index contributed by atoms with van der Waals surface area (Å²) in [6.45, 7) is 2.88. The van der Waals surface area contributed by atoms with Crippen molar-refractivity contribution in [1.29, 1.82) is 0 Å². The maximum absolute atomic E-state index is 13.0. The quantitative estimate of drug-likeness (QED) is 0.524. The fourth-order valence-electron chi connectivity index (χ4n) is 3.21. The average Bonchev–Trinajstić information content (AvgIpc) is 3.49. The number of halogens is 3. The minimum atomic E-state index is -5.08. The molecule has 3 aromatic rings. The summed E-state index contributed by atoms with van der Waals surface area (Å²) in [6.07, 6.45) is 3.03. The molecule has 1 aliphatic rings. The minimum absolute atomic E-state index is 0.0941. The van der Waals surface area contributed by atoms with Gasteiger partial charge >= 0.3 is 12.1 Å². The van der Waals surface area contributed by atoms with E-state index < -0.39 is 12.1 Å². The number of hydrogen-bond acceptors (Lipinski definition) is 5. The molecule has 2 heterocycles. The molecular weight excluding hydrogens is 463 g/mol. The summed E-state index contributed by atoms with van der Waals surface area (Å²) in [6, 6.07) is 9.78.